The molecule has 0 bridgehead atoms. The van der Waals surface area contributed by atoms with Crippen LogP contribution in [0.1, 0.15) is 5.56 Å². The summed E-state index contributed by atoms with van der Waals surface area (Å²) in [5, 5.41) is 26.1. The van der Waals surface area contributed by atoms with Crippen LogP contribution in [0.2, 0.25) is 0 Å². The van der Waals surface area contributed by atoms with E-state index in [1.807, 2.05) is 0 Å². The second-order valence-corrected chi connectivity index (χ2v) is 2.43. The highest BCUT2D eigenvalue weighted by Gasteiger charge is 2.02. The average Bonchev–Trinajstić information content (AvgIpc) is 2.08. The van der Waals surface area contributed by atoms with Crippen LogP contribution in [0.25, 0.3) is 6.08 Å². The summed E-state index contributed by atoms with van der Waals surface area (Å²) in [7, 11) is 0. The van der Waals surface area contributed by atoms with E-state index in [2.05, 4.69) is 0 Å². The van der Waals surface area contributed by atoms with E-state index < -0.39 is 11.7 Å². The molecular formula is C9H8O4. The van der Waals surface area contributed by atoms with Gasteiger partial charge in [-0.25, -0.2) is 4.79 Å². The Balaban J connectivity index is 2.92. The molecule has 0 atom stereocenters. The van der Waals surface area contributed by atoms with Gasteiger partial charge in [-0.2, -0.15) is 0 Å². The molecule has 0 spiro atoms. The number of aliphatic hydroxyl groups excluding tert-OH is 1. The van der Waals surface area contributed by atoms with Gasteiger partial charge in [0.05, 0.1) is 0 Å². The van der Waals surface area contributed by atoms with E-state index in [4.69, 9.17) is 15.3 Å². The summed E-state index contributed by atoms with van der Waals surface area (Å²) in [4.78, 5) is 10.2. The molecule has 0 saturated heterocycles. The fourth-order valence-corrected chi connectivity index (χ4v) is 0.790. The highest BCUT2D eigenvalue weighted by molar-refractivity contribution is 5.89. The molecular weight excluding hydrogens is 172 g/mol. The van der Waals surface area contributed by atoms with Gasteiger partial charge in [0.15, 0.2) is 0 Å². The quantitative estimate of drug-likeness (QED) is 0.474. The van der Waals surface area contributed by atoms with Crippen molar-refractivity contribution in [1.29, 1.82) is 0 Å². The molecule has 13 heavy (non-hydrogen) atoms. The van der Waals surface area contributed by atoms with Gasteiger partial charge in [-0.3, -0.25) is 0 Å². The number of rotatable bonds is 2. The lowest BCUT2D eigenvalue weighted by atomic mass is 10.2. The van der Waals surface area contributed by atoms with E-state index >= 15 is 0 Å². The molecule has 0 fully saturated rings. The molecule has 4 heteroatoms. The molecule has 0 heterocycles. The molecule has 0 unspecified atom stereocenters. The first-order valence-corrected chi connectivity index (χ1v) is 3.52. The number of aromatic hydroxyl groups is 1. The molecule has 0 aliphatic carbocycles. The van der Waals surface area contributed by atoms with Crippen molar-refractivity contribution >= 4 is 12.0 Å². The van der Waals surface area contributed by atoms with Crippen LogP contribution >= 0.6 is 0 Å². The fourth-order valence-electron chi connectivity index (χ4n) is 0.790. The van der Waals surface area contributed by atoms with Crippen LogP contribution in [0.4, 0.5) is 0 Å². The van der Waals surface area contributed by atoms with Gasteiger partial charge in [0.1, 0.15) is 5.75 Å². The normalized spacial score (nSPS) is 11.2. The molecule has 0 saturated carbocycles. The van der Waals surface area contributed by atoms with E-state index in [0.29, 0.717) is 5.56 Å². The van der Waals surface area contributed by atoms with Gasteiger partial charge in [-0.15, -0.1) is 0 Å². The zero-order chi connectivity index (χ0) is 9.84. The highest BCUT2D eigenvalue weighted by atomic mass is 16.4. The minimum atomic E-state index is -1.38. The van der Waals surface area contributed by atoms with Crippen molar-refractivity contribution in [3.63, 3.8) is 0 Å². The van der Waals surface area contributed by atoms with Crippen molar-refractivity contribution < 1.29 is 20.1 Å². The van der Waals surface area contributed by atoms with Gasteiger partial charge in [0.2, 0.25) is 5.76 Å². The van der Waals surface area contributed by atoms with Crippen LogP contribution in [0.5, 0.6) is 5.75 Å². The lowest BCUT2D eigenvalue weighted by Gasteiger charge is -1.95. The number of phenolic OH excluding ortho intramolecular Hbond substituents is 1. The molecule has 1 aromatic rings. The number of carbonyl (C=O) groups is 1. The lowest BCUT2D eigenvalue weighted by Crippen LogP contribution is -1.98. The van der Waals surface area contributed by atoms with Gasteiger partial charge in [-0.1, -0.05) is 12.1 Å². The fraction of sp³-hybridized carbons (Fsp3) is 0. The molecule has 4 nitrogen and oxygen atoms in total. The third-order valence-corrected chi connectivity index (χ3v) is 1.42. The van der Waals surface area contributed by atoms with Gasteiger partial charge in [0.25, 0.3) is 0 Å². The Bertz CT molecular complexity index is 337. The Labute approximate surface area is 74.4 Å². The van der Waals surface area contributed by atoms with Crippen molar-refractivity contribution in [2.75, 3.05) is 0 Å². The van der Waals surface area contributed by atoms with E-state index in [1.54, 1.807) is 0 Å². The van der Waals surface area contributed by atoms with E-state index in [1.165, 1.54) is 24.3 Å². The number of hydrogen-bond donors (Lipinski definition) is 3. The summed E-state index contributed by atoms with van der Waals surface area (Å²) in [6.45, 7) is 0. The number of hydrogen-bond acceptors (Lipinski definition) is 3. The maximum atomic E-state index is 10.2. The minimum Gasteiger partial charge on any atom is -0.508 e. The number of carboxylic acid groups (broad SMARTS) is 1. The van der Waals surface area contributed by atoms with Crippen molar-refractivity contribution in [3.05, 3.63) is 35.6 Å². The van der Waals surface area contributed by atoms with E-state index in [-0.39, 0.29) is 5.75 Å². The zero-order valence-electron chi connectivity index (χ0n) is 6.64. The summed E-state index contributed by atoms with van der Waals surface area (Å²) in [5.74, 6) is -2.02. The summed E-state index contributed by atoms with van der Waals surface area (Å²) < 4.78 is 0. The summed E-state index contributed by atoms with van der Waals surface area (Å²) >= 11 is 0. The molecule has 1 aromatic carbocycles. The van der Waals surface area contributed by atoms with Crippen LogP contribution in [0, 0.1) is 0 Å². The number of aliphatic carboxylic acids is 1. The third-order valence-electron chi connectivity index (χ3n) is 1.42. The van der Waals surface area contributed by atoms with Crippen molar-refractivity contribution in [1.82, 2.24) is 0 Å². The Hall–Kier alpha value is -1.97. The molecule has 0 aromatic heterocycles. The van der Waals surface area contributed by atoms with Crippen LogP contribution in [0.3, 0.4) is 0 Å². The minimum absolute atomic E-state index is 0.0898. The van der Waals surface area contributed by atoms with Gasteiger partial charge >= 0.3 is 5.97 Å². The van der Waals surface area contributed by atoms with E-state index in [9.17, 15) is 4.79 Å². The van der Waals surface area contributed by atoms with Gasteiger partial charge in [0, 0.05) is 0 Å². The number of benzene rings is 1. The Morgan fingerprint density at radius 2 is 1.69 bits per heavy atom. The Morgan fingerprint density at radius 3 is 2.15 bits per heavy atom. The summed E-state index contributed by atoms with van der Waals surface area (Å²) in [5.41, 5.74) is 0.512. The zero-order valence-corrected chi connectivity index (χ0v) is 6.64. The first kappa shape index (κ1) is 9.12. The van der Waals surface area contributed by atoms with Gasteiger partial charge in [-0.05, 0) is 23.8 Å². The van der Waals surface area contributed by atoms with Crippen LogP contribution in [-0.2, 0) is 4.79 Å². The van der Waals surface area contributed by atoms with Crippen LogP contribution in [-0.4, -0.2) is 21.3 Å². The van der Waals surface area contributed by atoms with Crippen LogP contribution < -0.4 is 0 Å². The largest absolute Gasteiger partial charge is 0.508 e. The maximum Gasteiger partial charge on any atom is 0.370 e. The first-order valence-electron chi connectivity index (χ1n) is 3.52. The standard InChI is InChI=1S/C9H8O4/c10-7-3-1-6(2-4-7)5-8(11)9(12)13/h1-5,10-11H,(H,12,13)/b8-5+. The SMILES string of the molecule is O=C(O)/C(O)=C\c1ccc(O)cc1. The van der Waals surface area contributed by atoms with Crippen molar-refractivity contribution in [2.45, 2.75) is 0 Å². The molecule has 0 aliphatic heterocycles. The topological polar surface area (TPSA) is 77.8 Å². The summed E-state index contributed by atoms with van der Waals surface area (Å²) in [6.07, 6.45) is 1.10. The monoisotopic (exact) mass is 180 g/mol. The lowest BCUT2D eigenvalue weighted by molar-refractivity contribution is -0.135. The highest BCUT2D eigenvalue weighted by Crippen LogP contribution is 2.11. The van der Waals surface area contributed by atoms with Crippen molar-refractivity contribution in [3.8, 4) is 5.75 Å². The summed E-state index contributed by atoms with van der Waals surface area (Å²) in [6, 6.07) is 5.80. The molecule has 0 amide bonds. The number of phenols is 1. The van der Waals surface area contributed by atoms with E-state index in [0.717, 1.165) is 6.08 Å². The van der Waals surface area contributed by atoms with Crippen molar-refractivity contribution in [2.24, 2.45) is 0 Å². The number of carboxylic acids is 1. The van der Waals surface area contributed by atoms with Crippen LogP contribution in [0.15, 0.2) is 30.0 Å². The predicted molar refractivity (Wildman–Crippen MR) is 46.3 cm³/mol. The number of aliphatic hydroxyl groups is 1. The second-order valence-electron chi connectivity index (χ2n) is 2.43. The van der Waals surface area contributed by atoms with Gasteiger partial charge < -0.3 is 15.3 Å². The smallest absolute Gasteiger partial charge is 0.370 e. The first-order chi connectivity index (χ1) is 6.09. The molecule has 0 aliphatic rings. The molecule has 1 rings (SSSR count). The Morgan fingerprint density at radius 1 is 1.15 bits per heavy atom. The molecule has 0 radical (unpaired) electrons. The second kappa shape index (κ2) is 3.62. The average molecular weight is 180 g/mol. The molecule has 3 N–H and O–H groups in total. The Kier molecular flexibility index (Phi) is 2.54. The third kappa shape index (κ3) is 2.52. The molecule has 68 valence electrons. The maximum absolute atomic E-state index is 10.2. The predicted octanol–water partition coefficient (Wildman–Crippen LogP) is 1.38.